The Morgan fingerprint density at radius 2 is 2.06 bits per heavy atom. The van der Waals surface area contributed by atoms with Crippen LogP contribution in [0.15, 0.2) is 24.3 Å². The maximum absolute atomic E-state index is 10.6. The second kappa shape index (κ2) is 6.85. The molecule has 0 atom stereocenters. The van der Waals surface area contributed by atoms with Crippen molar-refractivity contribution >= 4 is 11.4 Å². The molecule has 5 heteroatoms. The monoisotopic (exact) mass is 237 g/mol. The molecule has 1 aromatic carbocycles. The van der Waals surface area contributed by atoms with Crippen molar-refractivity contribution in [1.82, 2.24) is 4.90 Å². The van der Waals surface area contributed by atoms with E-state index < -0.39 is 0 Å². The van der Waals surface area contributed by atoms with Crippen LogP contribution in [0.3, 0.4) is 0 Å². The summed E-state index contributed by atoms with van der Waals surface area (Å²) in [5.74, 6) is 0. The smallest absolute Gasteiger partial charge is 0.271 e. The van der Waals surface area contributed by atoms with Crippen LogP contribution in [-0.2, 0) is 0 Å². The average Bonchev–Trinajstić information content (AvgIpc) is 2.35. The van der Waals surface area contributed by atoms with Gasteiger partial charge in [0.1, 0.15) is 0 Å². The second-order valence-corrected chi connectivity index (χ2v) is 3.76. The summed E-state index contributed by atoms with van der Waals surface area (Å²) in [5.41, 5.74) is 0.921. The maximum atomic E-state index is 10.6. The van der Waals surface area contributed by atoms with Gasteiger partial charge in [0.15, 0.2) is 0 Å². The Morgan fingerprint density at radius 3 is 2.65 bits per heavy atom. The molecular formula is C12H19N3O2. The first-order valence-corrected chi connectivity index (χ1v) is 5.88. The van der Waals surface area contributed by atoms with Crippen molar-refractivity contribution in [2.45, 2.75) is 13.8 Å². The first-order valence-electron chi connectivity index (χ1n) is 5.88. The molecule has 0 radical (unpaired) electrons. The van der Waals surface area contributed by atoms with E-state index in [2.05, 4.69) is 24.1 Å². The van der Waals surface area contributed by atoms with Gasteiger partial charge >= 0.3 is 0 Å². The van der Waals surface area contributed by atoms with Crippen molar-refractivity contribution in [3.63, 3.8) is 0 Å². The van der Waals surface area contributed by atoms with Crippen LogP contribution in [0.2, 0.25) is 0 Å². The fourth-order valence-corrected chi connectivity index (χ4v) is 1.63. The zero-order chi connectivity index (χ0) is 12.7. The number of rotatable bonds is 7. The number of anilines is 1. The lowest BCUT2D eigenvalue weighted by molar-refractivity contribution is -0.384. The topological polar surface area (TPSA) is 58.4 Å². The molecule has 0 amide bonds. The molecule has 1 N–H and O–H groups in total. The van der Waals surface area contributed by atoms with E-state index in [4.69, 9.17) is 0 Å². The summed E-state index contributed by atoms with van der Waals surface area (Å²) >= 11 is 0. The SMILES string of the molecule is CCN(CC)CCNc1cccc([N+](=O)[O-])c1. The largest absolute Gasteiger partial charge is 0.384 e. The van der Waals surface area contributed by atoms with Gasteiger partial charge in [-0.15, -0.1) is 0 Å². The van der Waals surface area contributed by atoms with Crippen molar-refractivity contribution in [2.24, 2.45) is 0 Å². The van der Waals surface area contributed by atoms with E-state index in [0.29, 0.717) is 0 Å². The minimum Gasteiger partial charge on any atom is -0.384 e. The molecule has 1 aromatic rings. The molecule has 0 aromatic heterocycles. The summed E-state index contributed by atoms with van der Waals surface area (Å²) in [6.07, 6.45) is 0. The number of nitro groups is 1. The molecule has 0 aliphatic rings. The van der Waals surface area contributed by atoms with Crippen molar-refractivity contribution < 1.29 is 4.92 Å². The van der Waals surface area contributed by atoms with Gasteiger partial charge in [0.2, 0.25) is 0 Å². The van der Waals surface area contributed by atoms with Crippen molar-refractivity contribution in [1.29, 1.82) is 0 Å². The van der Waals surface area contributed by atoms with Crippen LogP contribution in [-0.4, -0.2) is 36.0 Å². The van der Waals surface area contributed by atoms with Gasteiger partial charge in [-0.3, -0.25) is 10.1 Å². The lowest BCUT2D eigenvalue weighted by Gasteiger charge is -2.18. The third kappa shape index (κ3) is 4.40. The van der Waals surface area contributed by atoms with E-state index in [1.807, 2.05) is 6.07 Å². The fraction of sp³-hybridized carbons (Fsp3) is 0.500. The Kier molecular flexibility index (Phi) is 5.42. The predicted molar refractivity (Wildman–Crippen MR) is 69.4 cm³/mol. The van der Waals surface area contributed by atoms with E-state index >= 15 is 0 Å². The Bertz CT molecular complexity index is 365. The van der Waals surface area contributed by atoms with Crippen LogP contribution >= 0.6 is 0 Å². The lowest BCUT2D eigenvalue weighted by Crippen LogP contribution is -2.28. The van der Waals surface area contributed by atoms with Gasteiger partial charge in [0.05, 0.1) is 4.92 Å². The van der Waals surface area contributed by atoms with Gasteiger partial charge in [-0.05, 0) is 19.2 Å². The first kappa shape index (κ1) is 13.4. The minimum atomic E-state index is -0.379. The molecular weight excluding hydrogens is 218 g/mol. The first-order chi connectivity index (χ1) is 8.17. The Hall–Kier alpha value is -1.62. The Morgan fingerprint density at radius 1 is 1.35 bits per heavy atom. The lowest BCUT2D eigenvalue weighted by atomic mass is 10.3. The van der Waals surface area contributed by atoms with Gasteiger partial charge in [0.25, 0.3) is 5.69 Å². The van der Waals surface area contributed by atoms with Crippen LogP contribution in [0.4, 0.5) is 11.4 Å². The molecule has 0 saturated carbocycles. The van der Waals surface area contributed by atoms with Gasteiger partial charge < -0.3 is 10.2 Å². The number of likely N-dealkylation sites (N-methyl/N-ethyl adjacent to an activating group) is 1. The Labute approximate surface area is 102 Å². The summed E-state index contributed by atoms with van der Waals surface area (Å²) in [6, 6.07) is 6.59. The average molecular weight is 237 g/mol. The van der Waals surface area contributed by atoms with Gasteiger partial charge in [-0.25, -0.2) is 0 Å². The van der Waals surface area contributed by atoms with Gasteiger partial charge in [0, 0.05) is 30.9 Å². The number of nitrogens with zero attached hydrogens (tertiary/aromatic N) is 2. The highest BCUT2D eigenvalue weighted by atomic mass is 16.6. The summed E-state index contributed by atoms with van der Waals surface area (Å²) in [4.78, 5) is 12.5. The van der Waals surface area contributed by atoms with E-state index in [-0.39, 0.29) is 10.6 Å². The molecule has 5 nitrogen and oxygen atoms in total. The summed E-state index contributed by atoms with van der Waals surface area (Å²) in [7, 11) is 0. The van der Waals surface area contributed by atoms with Crippen molar-refractivity contribution in [3.8, 4) is 0 Å². The molecule has 0 saturated heterocycles. The van der Waals surface area contributed by atoms with E-state index in [1.54, 1.807) is 12.1 Å². The quantitative estimate of drug-likeness (QED) is 0.584. The van der Waals surface area contributed by atoms with Crippen LogP contribution in [0.5, 0.6) is 0 Å². The standard InChI is InChI=1S/C12H19N3O2/c1-3-14(4-2)9-8-13-11-6-5-7-12(10-11)15(16)17/h5-7,10,13H,3-4,8-9H2,1-2H3. The number of non-ortho nitro benzene ring substituents is 1. The molecule has 0 heterocycles. The van der Waals surface area contributed by atoms with Crippen LogP contribution < -0.4 is 5.32 Å². The number of nitrogens with one attached hydrogen (secondary N) is 1. The molecule has 0 fully saturated rings. The van der Waals surface area contributed by atoms with Crippen LogP contribution in [0.25, 0.3) is 0 Å². The fourth-order valence-electron chi connectivity index (χ4n) is 1.63. The summed E-state index contributed by atoms with van der Waals surface area (Å²) in [6.45, 7) is 8.02. The molecule has 1 rings (SSSR count). The van der Waals surface area contributed by atoms with E-state index in [1.165, 1.54) is 6.07 Å². The van der Waals surface area contributed by atoms with Crippen molar-refractivity contribution in [2.75, 3.05) is 31.5 Å². The molecule has 94 valence electrons. The number of hydrogen-bond donors (Lipinski definition) is 1. The van der Waals surface area contributed by atoms with Gasteiger partial charge in [-0.2, -0.15) is 0 Å². The minimum absolute atomic E-state index is 0.123. The van der Waals surface area contributed by atoms with Crippen LogP contribution in [0.1, 0.15) is 13.8 Å². The highest BCUT2D eigenvalue weighted by molar-refractivity contribution is 5.50. The second-order valence-electron chi connectivity index (χ2n) is 3.76. The maximum Gasteiger partial charge on any atom is 0.271 e. The number of benzene rings is 1. The van der Waals surface area contributed by atoms with E-state index in [9.17, 15) is 10.1 Å². The molecule has 0 aliphatic carbocycles. The van der Waals surface area contributed by atoms with Crippen LogP contribution in [0, 0.1) is 10.1 Å². The highest BCUT2D eigenvalue weighted by Gasteiger charge is 2.05. The highest BCUT2D eigenvalue weighted by Crippen LogP contribution is 2.16. The number of nitro benzene ring substituents is 1. The molecule has 0 aliphatic heterocycles. The van der Waals surface area contributed by atoms with E-state index in [0.717, 1.165) is 31.9 Å². The van der Waals surface area contributed by atoms with Gasteiger partial charge in [-0.1, -0.05) is 19.9 Å². The molecule has 0 spiro atoms. The molecule has 0 unspecified atom stereocenters. The Balaban J connectivity index is 2.46. The third-order valence-electron chi connectivity index (χ3n) is 2.71. The molecule has 0 bridgehead atoms. The third-order valence-corrected chi connectivity index (χ3v) is 2.71. The number of hydrogen-bond acceptors (Lipinski definition) is 4. The summed E-state index contributed by atoms with van der Waals surface area (Å²) in [5, 5.41) is 13.8. The molecule has 17 heavy (non-hydrogen) atoms. The zero-order valence-electron chi connectivity index (χ0n) is 10.3. The normalized spacial score (nSPS) is 10.5. The zero-order valence-corrected chi connectivity index (χ0v) is 10.3. The van der Waals surface area contributed by atoms with Crippen molar-refractivity contribution in [3.05, 3.63) is 34.4 Å². The predicted octanol–water partition coefficient (Wildman–Crippen LogP) is 2.35. The summed E-state index contributed by atoms with van der Waals surface area (Å²) < 4.78 is 0.